The van der Waals surface area contributed by atoms with Gasteiger partial charge in [0.15, 0.2) is 23.2 Å². The highest BCUT2D eigenvalue weighted by molar-refractivity contribution is 7.80. The maximum absolute atomic E-state index is 13.5. The van der Waals surface area contributed by atoms with E-state index in [-0.39, 0.29) is 17.4 Å². The number of rotatable bonds is 6. The summed E-state index contributed by atoms with van der Waals surface area (Å²) in [6.07, 6.45) is 1.52. The molecule has 0 aromatic heterocycles. The second kappa shape index (κ2) is 9.20. The summed E-state index contributed by atoms with van der Waals surface area (Å²) in [7, 11) is 1.50. The van der Waals surface area contributed by atoms with Gasteiger partial charge < -0.3 is 14.8 Å². The summed E-state index contributed by atoms with van der Waals surface area (Å²) < 4.78 is 24.0. The predicted molar refractivity (Wildman–Crippen MR) is 97.5 cm³/mol. The molecule has 0 saturated heterocycles. The molecule has 0 unspecified atom stereocenters. The number of hydrogen-bond acceptors (Lipinski definition) is 5. The van der Waals surface area contributed by atoms with Crippen LogP contribution in [0.4, 0.5) is 10.1 Å². The van der Waals surface area contributed by atoms with Gasteiger partial charge in [0.1, 0.15) is 11.9 Å². The first-order chi connectivity index (χ1) is 12.1. The molecule has 0 spiro atoms. The minimum atomic E-state index is -0.409. The molecule has 0 fully saturated rings. The Hall–Kier alpha value is -3.18. The molecule has 0 atom stereocenters. The lowest BCUT2D eigenvalue weighted by molar-refractivity contribution is 0.329. The molecule has 2 aromatic rings. The Morgan fingerprint density at radius 3 is 2.84 bits per heavy atom. The van der Waals surface area contributed by atoms with Gasteiger partial charge in [-0.25, -0.2) is 4.39 Å². The van der Waals surface area contributed by atoms with Gasteiger partial charge in [0.2, 0.25) is 0 Å². The van der Waals surface area contributed by atoms with Crippen molar-refractivity contribution in [2.75, 3.05) is 19.0 Å². The van der Waals surface area contributed by atoms with Crippen LogP contribution in [0.3, 0.4) is 0 Å². The lowest BCUT2D eigenvalue weighted by Gasteiger charge is -2.09. The maximum Gasteiger partial charge on any atom is 0.191 e. The number of nitrogens with zero attached hydrogens (tertiary/aromatic N) is 2. The van der Waals surface area contributed by atoms with Crippen LogP contribution in [0.15, 0.2) is 47.6 Å². The van der Waals surface area contributed by atoms with Gasteiger partial charge in [0.25, 0.3) is 0 Å². The third kappa shape index (κ3) is 5.44. The van der Waals surface area contributed by atoms with Crippen molar-refractivity contribution in [3.8, 4) is 17.6 Å². The van der Waals surface area contributed by atoms with Crippen LogP contribution >= 0.6 is 12.2 Å². The number of methoxy groups -OCH3 is 1. The highest BCUT2D eigenvalue weighted by Crippen LogP contribution is 2.27. The van der Waals surface area contributed by atoms with Crippen LogP contribution in [0.25, 0.3) is 0 Å². The van der Waals surface area contributed by atoms with Crippen molar-refractivity contribution in [1.82, 2.24) is 5.43 Å². The third-order valence-corrected chi connectivity index (χ3v) is 3.18. The molecule has 0 saturated carbocycles. The van der Waals surface area contributed by atoms with Gasteiger partial charge in [0, 0.05) is 0 Å². The minimum Gasteiger partial charge on any atom is -0.493 e. The molecule has 128 valence electrons. The number of halogens is 1. The lowest BCUT2D eigenvalue weighted by Crippen LogP contribution is -2.24. The zero-order valence-corrected chi connectivity index (χ0v) is 14.1. The molecule has 0 heterocycles. The Morgan fingerprint density at radius 1 is 1.32 bits per heavy atom. The van der Waals surface area contributed by atoms with Gasteiger partial charge in [-0.05, 0) is 48.1 Å². The fraction of sp³-hybridized carbons (Fsp3) is 0.118. The number of anilines is 1. The first-order valence-corrected chi connectivity index (χ1v) is 7.57. The van der Waals surface area contributed by atoms with Crippen LogP contribution in [0, 0.1) is 17.1 Å². The Labute approximate surface area is 149 Å². The van der Waals surface area contributed by atoms with Gasteiger partial charge in [-0.15, -0.1) is 0 Å². The molecular formula is C17H15FN4O2S. The summed E-state index contributed by atoms with van der Waals surface area (Å²) in [5.41, 5.74) is 3.59. The van der Waals surface area contributed by atoms with Crippen LogP contribution < -0.4 is 20.2 Å². The van der Waals surface area contributed by atoms with Gasteiger partial charge >= 0.3 is 0 Å². The van der Waals surface area contributed by atoms with E-state index < -0.39 is 5.82 Å². The molecular weight excluding hydrogens is 343 g/mol. The van der Waals surface area contributed by atoms with E-state index in [9.17, 15) is 4.39 Å². The molecule has 0 amide bonds. The van der Waals surface area contributed by atoms with Gasteiger partial charge in [-0.2, -0.15) is 10.4 Å². The van der Waals surface area contributed by atoms with Crippen molar-refractivity contribution >= 4 is 29.2 Å². The first kappa shape index (κ1) is 18.2. The lowest BCUT2D eigenvalue weighted by atomic mass is 10.2. The van der Waals surface area contributed by atoms with Gasteiger partial charge in [0.05, 0.1) is 19.0 Å². The van der Waals surface area contributed by atoms with E-state index in [1.165, 1.54) is 19.4 Å². The molecule has 25 heavy (non-hydrogen) atoms. The zero-order chi connectivity index (χ0) is 18.1. The molecule has 2 rings (SSSR count). The van der Waals surface area contributed by atoms with E-state index in [1.54, 1.807) is 36.4 Å². The quantitative estimate of drug-likeness (QED) is 0.469. The highest BCUT2D eigenvalue weighted by Gasteiger charge is 2.05. The Kier molecular flexibility index (Phi) is 6.68. The maximum atomic E-state index is 13.5. The van der Waals surface area contributed by atoms with E-state index in [2.05, 4.69) is 15.8 Å². The topological polar surface area (TPSA) is 78.7 Å². The second-order valence-corrected chi connectivity index (χ2v) is 5.07. The van der Waals surface area contributed by atoms with Crippen LogP contribution in [-0.4, -0.2) is 25.0 Å². The average Bonchev–Trinajstić information content (AvgIpc) is 2.62. The average molecular weight is 358 g/mol. The number of thiocarbonyl (C=S) groups is 1. The number of benzene rings is 2. The Balaban J connectivity index is 1.96. The first-order valence-electron chi connectivity index (χ1n) is 7.16. The van der Waals surface area contributed by atoms with Crippen molar-refractivity contribution in [1.29, 1.82) is 5.26 Å². The molecule has 2 N–H and O–H groups in total. The molecule has 0 aliphatic carbocycles. The fourth-order valence-corrected chi connectivity index (χ4v) is 2.03. The molecule has 0 bridgehead atoms. The molecule has 2 aromatic carbocycles. The Bertz CT molecular complexity index is 821. The zero-order valence-electron chi connectivity index (χ0n) is 13.3. The standard InChI is InChI=1S/C17H15FN4O2S/c1-23-16-10-12(6-7-15(16)24-9-8-19)11-20-22-17(25)21-14-5-3-2-4-13(14)18/h2-7,10-11H,9H2,1H3,(H2,21,22,25)/b20-11-. The van der Waals surface area contributed by atoms with Crippen molar-refractivity contribution in [2.24, 2.45) is 5.10 Å². The monoisotopic (exact) mass is 358 g/mol. The van der Waals surface area contributed by atoms with Gasteiger partial charge in [-0.1, -0.05) is 12.1 Å². The summed E-state index contributed by atoms with van der Waals surface area (Å²) in [4.78, 5) is 0. The van der Waals surface area contributed by atoms with Crippen LogP contribution in [0.5, 0.6) is 11.5 Å². The number of nitrogens with one attached hydrogen (secondary N) is 2. The molecule has 0 radical (unpaired) electrons. The fourth-order valence-electron chi connectivity index (χ4n) is 1.87. The van der Waals surface area contributed by atoms with Crippen molar-refractivity contribution < 1.29 is 13.9 Å². The molecule has 6 nitrogen and oxygen atoms in total. The second-order valence-electron chi connectivity index (χ2n) is 4.66. The number of hydrogen-bond donors (Lipinski definition) is 2. The van der Waals surface area contributed by atoms with E-state index in [0.29, 0.717) is 11.5 Å². The largest absolute Gasteiger partial charge is 0.493 e. The van der Waals surface area contributed by atoms with E-state index in [0.717, 1.165) is 5.56 Å². The number of nitriles is 1. The smallest absolute Gasteiger partial charge is 0.191 e. The number of para-hydroxylation sites is 1. The third-order valence-electron chi connectivity index (χ3n) is 2.98. The summed E-state index contributed by atoms with van der Waals surface area (Å²) in [6.45, 7) is -0.0681. The Morgan fingerprint density at radius 2 is 2.12 bits per heavy atom. The normalized spacial score (nSPS) is 10.1. The van der Waals surface area contributed by atoms with Crippen LogP contribution in [-0.2, 0) is 0 Å². The van der Waals surface area contributed by atoms with E-state index in [4.69, 9.17) is 27.0 Å². The molecule has 0 aliphatic heterocycles. The summed E-state index contributed by atoms with van der Waals surface area (Å²) in [6, 6.07) is 13.2. The number of hydrazone groups is 1. The summed E-state index contributed by atoms with van der Waals surface area (Å²) in [5, 5.41) is 15.4. The highest BCUT2D eigenvalue weighted by atomic mass is 32.1. The summed E-state index contributed by atoms with van der Waals surface area (Å²) in [5.74, 6) is 0.533. The van der Waals surface area contributed by atoms with Crippen LogP contribution in [0.1, 0.15) is 5.56 Å². The van der Waals surface area contributed by atoms with Gasteiger partial charge in [-0.3, -0.25) is 5.43 Å². The van der Waals surface area contributed by atoms with E-state index >= 15 is 0 Å². The molecule has 0 aliphatic rings. The number of ether oxygens (including phenoxy) is 2. The van der Waals surface area contributed by atoms with Crippen molar-refractivity contribution in [3.63, 3.8) is 0 Å². The SMILES string of the molecule is COc1cc(/C=N\NC(=S)Nc2ccccc2F)ccc1OCC#N. The predicted octanol–water partition coefficient (Wildman–Crippen LogP) is 3.06. The van der Waals surface area contributed by atoms with Crippen molar-refractivity contribution in [2.45, 2.75) is 0 Å². The van der Waals surface area contributed by atoms with Crippen LogP contribution in [0.2, 0.25) is 0 Å². The van der Waals surface area contributed by atoms with E-state index in [1.807, 2.05) is 6.07 Å². The molecule has 8 heteroatoms. The minimum absolute atomic E-state index is 0.0681. The summed E-state index contributed by atoms with van der Waals surface area (Å²) >= 11 is 5.05. The van der Waals surface area contributed by atoms with Crippen molar-refractivity contribution in [3.05, 3.63) is 53.8 Å².